The van der Waals surface area contributed by atoms with E-state index in [9.17, 15) is 0 Å². The Morgan fingerprint density at radius 1 is 1.20 bits per heavy atom. The predicted octanol–water partition coefficient (Wildman–Crippen LogP) is 3.49. The van der Waals surface area contributed by atoms with Crippen molar-refractivity contribution >= 4 is 0 Å². The molecular formula is C18H30N2. The maximum atomic E-state index is 3.77. The summed E-state index contributed by atoms with van der Waals surface area (Å²) in [5.41, 5.74) is 1.53. The molecule has 2 heteroatoms. The zero-order chi connectivity index (χ0) is 14.8. The molecule has 20 heavy (non-hydrogen) atoms. The number of hydrogen-bond acceptors (Lipinski definition) is 2. The maximum Gasteiger partial charge on any atom is 0.0558 e. The van der Waals surface area contributed by atoms with Crippen LogP contribution in [-0.4, -0.2) is 30.6 Å². The molecule has 2 rings (SSSR count). The zero-order valence-electron chi connectivity index (χ0n) is 13.7. The summed E-state index contributed by atoms with van der Waals surface area (Å²) in [6.07, 6.45) is 0. The van der Waals surface area contributed by atoms with Crippen molar-refractivity contribution in [2.24, 2.45) is 11.8 Å². The van der Waals surface area contributed by atoms with Crippen LogP contribution in [0, 0.1) is 11.8 Å². The standard InChI is InChI=1S/C18H30N2/c1-14(2)11-20-12-17(15(3)4)19-13-18(20,5)16-9-7-6-8-10-16/h6-10,14-15,17,19H,11-13H2,1-5H3. The van der Waals surface area contributed by atoms with E-state index in [-0.39, 0.29) is 5.54 Å². The molecule has 1 fully saturated rings. The number of nitrogens with zero attached hydrogens (tertiary/aromatic N) is 1. The molecule has 0 aromatic heterocycles. The maximum absolute atomic E-state index is 3.77. The van der Waals surface area contributed by atoms with Crippen LogP contribution in [0.2, 0.25) is 0 Å². The smallest absolute Gasteiger partial charge is 0.0558 e. The van der Waals surface area contributed by atoms with Crippen LogP contribution in [-0.2, 0) is 5.54 Å². The average molecular weight is 274 g/mol. The lowest BCUT2D eigenvalue weighted by molar-refractivity contribution is 0.0293. The van der Waals surface area contributed by atoms with Gasteiger partial charge < -0.3 is 5.32 Å². The van der Waals surface area contributed by atoms with E-state index in [1.807, 2.05) is 0 Å². The summed E-state index contributed by atoms with van der Waals surface area (Å²) < 4.78 is 0. The minimum absolute atomic E-state index is 0.108. The molecule has 0 spiro atoms. The summed E-state index contributed by atoms with van der Waals surface area (Å²) in [6, 6.07) is 11.6. The van der Waals surface area contributed by atoms with Crippen LogP contribution >= 0.6 is 0 Å². The van der Waals surface area contributed by atoms with Crippen LogP contribution in [0.25, 0.3) is 0 Å². The predicted molar refractivity (Wildman–Crippen MR) is 86.8 cm³/mol. The van der Waals surface area contributed by atoms with Crippen LogP contribution in [0.3, 0.4) is 0 Å². The summed E-state index contributed by atoms with van der Waals surface area (Å²) in [5, 5.41) is 3.77. The van der Waals surface area contributed by atoms with Crippen molar-refractivity contribution in [3.8, 4) is 0 Å². The lowest BCUT2D eigenvalue weighted by Crippen LogP contribution is -2.63. The van der Waals surface area contributed by atoms with Crippen molar-refractivity contribution < 1.29 is 0 Å². The van der Waals surface area contributed by atoms with Crippen molar-refractivity contribution in [3.63, 3.8) is 0 Å². The highest BCUT2D eigenvalue weighted by Gasteiger charge is 2.39. The Labute approximate surface area is 124 Å². The van der Waals surface area contributed by atoms with Crippen molar-refractivity contribution in [1.82, 2.24) is 10.2 Å². The van der Waals surface area contributed by atoms with E-state index in [2.05, 4.69) is 75.2 Å². The Hall–Kier alpha value is -0.860. The second-order valence-electron chi connectivity index (χ2n) is 7.17. The fraction of sp³-hybridized carbons (Fsp3) is 0.667. The van der Waals surface area contributed by atoms with E-state index in [1.165, 1.54) is 5.56 Å². The van der Waals surface area contributed by atoms with Crippen LogP contribution in [0.15, 0.2) is 30.3 Å². The number of hydrogen-bond donors (Lipinski definition) is 1. The van der Waals surface area contributed by atoms with Crippen LogP contribution < -0.4 is 5.32 Å². The highest BCUT2D eigenvalue weighted by atomic mass is 15.3. The summed E-state index contributed by atoms with van der Waals surface area (Å²) in [7, 11) is 0. The van der Waals surface area contributed by atoms with Gasteiger partial charge in [-0.3, -0.25) is 4.90 Å². The van der Waals surface area contributed by atoms with Gasteiger partial charge in [0.05, 0.1) is 5.54 Å². The third kappa shape index (κ3) is 3.24. The largest absolute Gasteiger partial charge is 0.310 e. The fourth-order valence-electron chi connectivity index (χ4n) is 3.19. The van der Waals surface area contributed by atoms with Gasteiger partial charge in [0, 0.05) is 25.7 Å². The molecule has 1 aromatic carbocycles. The van der Waals surface area contributed by atoms with Gasteiger partial charge >= 0.3 is 0 Å². The normalized spacial score (nSPS) is 28.2. The fourth-order valence-corrected chi connectivity index (χ4v) is 3.19. The van der Waals surface area contributed by atoms with E-state index in [1.54, 1.807) is 0 Å². The zero-order valence-corrected chi connectivity index (χ0v) is 13.7. The third-order valence-electron chi connectivity index (χ3n) is 4.61. The molecule has 2 unspecified atom stereocenters. The van der Waals surface area contributed by atoms with E-state index in [0.717, 1.165) is 19.6 Å². The number of nitrogens with one attached hydrogen (secondary N) is 1. The van der Waals surface area contributed by atoms with Gasteiger partial charge in [0.25, 0.3) is 0 Å². The molecular weight excluding hydrogens is 244 g/mol. The molecule has 1 saturated heterocycles. The number of piperazine rings is 1. The molecule has 112 valence electrons. The SMILES string of the molecule is CC(C)CN1CC(C(C)C)NCC1(C)c1ccccc1. The topological polar surface area (TPSA) is 15.3 Å². The molecule has 0 bridgehead atoms. The van der Waals surface area contributed by atoms with Crippen LogP contribution in [0.5, 0.6) is 0 Å². The van der Waals surface area contributed by atoms with E-state index >= 15 is 0 Å². The summed E-state index contributed by atoms with van der Waals surface area (Å²) in [5.74, 6) is 1.38. The first kappa shape index (κ1) is 15.5. The van der Waals surface area contributed by atoms with Gasteiger partial charge in [-0.15, -0.1) is 0 Å². The lowest BCUT2D eigenvalue weighted by Gasteiger charge is -2.50. The molecule has 2 nitrogen and oxygen atoms in total. The molecule has 0 aliphatic carbocycles. The first-order valence-corrected chi connectivity index (χ1v) is 7.97. The van der Waals surface area contributed by atoms with Crippen LogP contribution in [0.1, 0.15) is 40.2 Å². The first-order valence-electron chi connectivity index (χ1n) is 7.97. The third-order valence-corrected chi connectivity index (χ3v) is 4.61. The Kier molecular flexibility index (Phi) is 4.87. The van der Waals surface area contributed by atoms with Gasteiger partial charge in [-0.25, -0.2) is 0 Å². The summed E-state index contributed by atoms with van der Waals surface area (Å²) in [6.45, 7) is 15.0. The minimum Gasteiger partial charge on any atom is -0.310 e. The van der Waals surface area contributed by atoms with Gasteiger partial charge in [-0.1, -0.05) is 58.0 Å². The van der Waals surface area contributed by atoms with Gasteiger partial charge in [-0.2, -0.15) is 0 Å². The van der Waals surface area contributed by atoms with Crippen LogP contribution in [0.4, 0.5) is 0 Å². The highest BCUT2D eigenvalue weighted by Crippen LogP contribution is 2.32. The second-order valence-corrected chi connectivity index (χ2v) is 7.17. The van der Waals surface area contributed by atoms with Gasteiger partial charge in [-0.05, 0) is 24.3 Å². The molecule has 1 heterocycles. The van der Waals surface area contributed by atoms with Gasteiger partial charge in [0.1, 0.15) is 0 Å². The summed E-state index contributed by atoms with van der Waals surface area (Å²) in [4.78, 5) is 2.69. The lowest BCUT2D eigenvalue weighted by atomic mass is 9.84. The van der Waals surface area contributed by atoms with Gasteiger partial charge in [0.2, 0.25) is 0 Å². The average Bonchev–Trinajstić information content (AvgIpc) is 2.41. The molecule has 1 N–H and O–H groups in total. The molecule has 0 saturated carbocycles. The van der Waals surface area contributed by atoms with Crippen molar-refractivity contribution in [2.75, 3.05) is 19.6 Å². The summed E-state index contributed by atoms with van der Waals surface area (Å²) >= 11 is 0. The molecule has 0 radical (unpaired) electrons. The molecule has 2 atom stereocenters. The van der Waals surface area contributed by atoms with E-state index in [0.29, 0.717) is 17.9 Å². The van der Waals surface area contributed by atoms with Gasteiger partial charge in [0.15, 0.2) is 0 Å². The first-order chi connectivity index (χ1) is 9.43. The molecule has 1 aliphatic rings. The van der Waals surface area contributed by atoms with E-state index in [4.69, 9.17) is 0 Å². The van der Waals surface area contributed by atoms with E-state index < -0.39 is 0 Å². The van der Waals surface area contributed by atoms with Crippen molar-refractivity contribution in [2.45, 2.75) is 46.2 Å². The minimum atomic E-state index is 0.108. The Morgan fingerprint density at radius 2 is 1.85 bits per heavy atom. The Balaban J connectivity index is 2.26. The second kappa shape index (κ2) is 6.28. The monoisotopic (exact) mass is 274 g/mol. The highest BCUT2D eigenvalue weighted by molar-refractivity contribution is 5.25. The Bertz CT molecular complexity index is 413. The number of rotatable bonds is 4. The Morgan fingerprint density at radius 3 is 2.40 bits per heavy atom. The van der Waals surface area contributed by atoms with Crippen molar-refractivity contribution in [3.05, 3.63) is 35.9 Å². The molecule has 0 amide bonds. The molecule has 1 aromatic rings. The molecule has 1 aliphatic heterocycles. The van der Waals surface area contributed by atoms with Crippen molar-refractivity contribution in [1.29, 1.82) is 0 Å². The quantitative estimate of drug-likeness (QED) is 0.904. The number of benzene rings is 1.